The van der Waals surface area contributed by atoms with Gasteiger partial charge in [-0.1, -0.05) is 6.08 Å². The van der Waals surface area contributed by atoms with Gasteiger partial charge in [-0.2, -0.15) is 0 Å². The third-order valence-electron chi connectivity index (χ3n) is 1.28. The topological polar surface area (TPSA) is 57.5 Å². The van der Waals surface area contributed by atoms with E-state index in [-0.39, 0.29) is 0 Å². The van der Waals surface area contributed by atoms with Crippen LogP contribution >= 0.6 is 11.8 Å². The summed E-state index contributed by atoms with van der Waals surface area (Å²) in [5.74, 6) is 0. The van der Waals surface area contributed by atoms with Crippen LogP contribution in [0.4, 0.5) is 0 Å². The summed E-state index contributed by atoms with van der Waals surface area (Å²) in [6, 6.07) is 0. The van der Waals surface area contributed by atoms with Crippen molar-refractivity contribution in [3.8, 4) is 0 Å². The number of rotatable bonds is 2. The Morgan fingerprint density at radius 3 is 2.91 bits per heavy atom. The van der Waals surface area contributed by atoms with Crippen molar-refractivity contribution in [3.05, 3.63) is 23.1 Å². The Kier molecular flexibility index (Phi) is 2.93. The van der Waals surface area contributed by atoms with E-state index in [4.69, 9.17) is 10.0 Å². The van der Waals surface area contributed by atoms with E-state index in [1.165, 1.54) is 17.8 Å². The van der Waals surface area contributed by atoms with Crippen LogP contribution in [0.1, 0.15) is 0 Å². The van der Waals surface area contributed by atoms with E-state index in [0.29, 0.717) is 11.9 Å². The largest absolute Gasteiger partial charge is 0.469 e. The Balaban J connectivity index is 2.68. The number of thioether (sulfide) groups is 1. The van der Waals surface area contributed by atoms with Gasteiger partial charge in [0.15, 0.2) is 0 Å². The number of carbonyl (C=O) groups is 1. The normalized spacial score (nSPS) is 22.7. The molecule has 0 aliphatic carbocycles. The first-order valence-electron chi connectivity index (χ1n) is 3.09. The molecule has 2 N–H and O–H groups in total. The van der Waals surface area contributed by atoms with Gasteiger partial charge in [-0.25, -0.2) is 0 Å². The van der Waals surface area contributed by atoms with Crippen LogP contribution in [0.25, 0.3) is 0 Å². The van der Waals surface area contributed by atoms with Gasteiger partial charge in [-0.05, 0) is 11.5 Å². The van der Waals surface area contributed by atoms with Gasteiger partial charge in [0.05, 0.1) is 5.15 Å². The molecule has 0 fully saturated rings. The predicted molar refractivity (Wildman–Crippen MR) is 44.9 cm³/mol. The molecule has 1 rings (SSSR count). The summed E-state index contributed by atoms with van der Waals surface area (Å²) < 4.78 is 0. The van der Waals surface area contributed by atoms with Gasteiger partial charge in [0.1, 0.15) is 6.29 Å². The Bertz CT molecular complexity index is 212. The fraction of sp³-hybridized carbons (Fsp3) is 0.167. The van der Waals surface area contributed by atoms with Crippen molar-refractivity contribution in [2.75, 3.05) is 0 Å². The lowest BCUT2D eigenvalue weighted by Gasteiger charge is -2.11. The summed E-state index contributed by atoms with van der Waals surface area (Å²) in [4.78, 5) is 10.2. The average Bonchev–Trinajstić information content (AvgIpc) is 2.05. The fourth-order valence-corrected chi connectivity index (χ4v) is 1.52. The van der Waals surface area contributed by atoms with Crippen molar-refractivity contribution in [2.45, 2.75) is 5.15 Å². The van der Waals surface area contributed by atoms with Crippen LogP contribution < -0.4 is 0 Å². The molecule has 1 aliphatic rings. The highest BCUT2D eigenvalue weighted by Gasteiger charge is 2.22. The molecule has 0 radical (unpaired) electrons. The zero-order valence-corrected chi connectivity index (χ0v) is 6.49. The fourth-order valence-electron chi connectivity index (χ4n) is 0.728. The zero-order chi connectivity index (χ0) is 8.27. The molecule has 1 aliphatic heterocycles. The van der Waals surface area contributed by atoms with Crippen molar-refractivity contribution in [2.24, 2.45) is 0 Å². The van der Waals surface area contributed by atoms with Gasteiger partial charge in [0.25, 0.3) is 0 Å². The summed E-state index contributed by atoms with van der Waals surface area (Å²) >= 11 is 1.27. The quantitative estimate of drug-likeness (QED) is 0.443. The number of aldehydes is 1. The second-order valence-corrected chi connectivity index (χ2v) is 3.19. The summed E-state index contributed by atoms with van der Waals surface area (Å²) in [5.41, 5.74) is 0.488. The Morgan fingerprint density at radius 1 is 1.64 bits per heavy atom. The maximum Gasteiger partial charge on any atom is 0.469 e. The molecule has 0 saturated carbocycles. The minimum absolute atomic E-state index is 0.416. The molecule has 1 atom stereocenters. The maximum atomic E-state index is 10.2. The third-order valence-corrected chi connectivity index (χ3v) is 2.27. The van der Waals surface area contributed by atoms with Gasteiger partial charge >= 0.3 is 7.12 Å². The van der Waals surface area contributed by atoms with Crippen LogP contribution in [-0.4, -0.2) is 28.6 Å². The van der Waals surface area contributed by atoms with E-state index in [9.17, 15) is 4.79 Å². The molecule has 0 aromatic carbocycles. The number of allylic oxidation sites excluding steroid dienone is 2. The van der Waals surface area contributed by atoms with Crippen LogP contribution in [0.5, 0.6) is 0 Å². The van der Waals surface area contributed by atoms with Crippen LogP contribution in [0.2, 0.25) is 0 Å². The van der Waals surface area contributed by atoms with Crippen molar-refractivity contribution >= 4 is 25.2 Å². The van der Waals surface area contributed by atoms with Crippen LogP contribution in [0.15, 0.2) is 23.1 Å². The summed E-state index contributed by atoms with van der Waals surface area (Å²) in [6.45, 7) is 0. The van der Waals surface area contributed by atoms with Crippen molar-refractivity contribution < 1.29 is 14.8 Å². The molecular weight excluding hydrogens is 163 g/mol. The highest BCUT2D eigenvalue weighted by Crippen LogP contribution is 2.21. The molecule has 5 heteroatoms. The first kappa shape index (κ1) is 8.58. The Hall–Kier alpha value is -0.515. The van der Waals surface area contributed by atoms with Gasteiger partial charge in [0.2, 0.25) is 0 Å². The summed E-state index contributed by atoms with van der Waals surface area (Å²) in [6.07, 6.45) is 3.85. The smallest absolute Gasteiger partial charge is 0.426 e. The lowest BCUT2D eigenvalue weighted by molar-refractivity contribution is -0.104. The molecule has 3 nitrogen and oxygen atoms in total. The van der Waals surface area contributed by atoms with Crippen molar-refractivity contribution in [1.82, 2.24) is 0 Å². The molecule has 0 bridgehead atoms. The summed E-state index contributed by atoms with van der Waals surface area (Å²) in [7, 11) is -1.40. The van der Waals surface area contributed by atoms with E-state index >= 15 is 0 Å². The Labute approximate surface area is 68.9 Å². The van der Waals surface area contributed by atoms with Gasteiger partial charge in [0, 0.05) is 5.57 Å². The molecule has 11 heavy (non-hydrogen) atoms. The second-order valence-electron chi connectivity index (χ2n) is 2.10. The van der Waals surface area contributed by atoms with Gasteiger partial charge in [-0.3, -0.25) is 4.79 Å². The zero-order valence-electron chi connectivity index (χ0n) is 5.68. The standard InChI is InChI=1S/C6H7BO3S/c8-4-5-1-2-11-6(3-5)7(9)10/h1-4,6,9-10H. The molecule has 0 spiro atoms. The van der Waals surface area contributed by atoms with Crippen LogP contribution in [-0.2, 0) is 4.79 Å². The SMILES string of the molecule is O=CC1=CC(B(O)O)SC=C1. The molecule has 0 aromatic rings. The van der Waals surface area contributed by atoms with Crippen molar-refractivity contribution in [3.63, 3.8) is 0 Å². The number of carbonyl (C=O) groups excluding carboxylic acids is 1. The van der Waals surface area contributed by atoms with E-state index in [1.54, 1.807) is 11.5 Å². The van der Waals surface area contributed by atoms with E-state index in [0.717, 1.165) is 0 Å². The number of hydrogen-bond acceptors (Lipinski definition) is 4. The molecule has 0 aromatic heterocycles. The second kappa shape index (κ2) is 3.76. The van der Waals surface area contributed by atoms with E-state index in [2.05, 4.69) is 0 Å². The summed E-state index contributed by atoms with van der Waals surface area (Å²) in [5, 5.41) is 18.7. The van der Waals surface area contributed by atoms with E-state index < -0.39 is 12.3 Å². The highest BCUT2D eigenvalue weighted by atomic mass is 32.2. The van der Waals surface area contributed by atoms with Crippen LogP contribution in [0, 0.1) is 0 Å². The van der Waals surface area contributed by atoms with Gasteiger partial charge < -0.3 is 10.0 Å². The molecular formula is C6H7BO3S. The molecule has 1 heterocycles. The first-order chi connectivity index (χ1) is 5.24. The van der Waals surface area contributed by atoms with E-state index in [1.807, 2.05) is 0 Å². The minimum atomic E-state index is -1.40. The predicted octanol–water partition coefficient (Wildman–Crippen LogP) is -0.247. The lowest BCUT2D eigenvalue weighted by atomic mass is 9.84. The third kappa shape index (κ3) is 2.22. The monoisotopic (exact) mass is 170 g/mol. The van der Waals surface area contributed by atoms with Crippen LogP contribution in [0.3, 0.4) is 0 Å². The first-order valence-corrected chi connectivity index (χ1v) is 4.03. The molecule has 58 valence electrons. The Morgan fingerprint density at radius 2 is 2.36 bits per heavy atom. The molecule has 0 saturated heterocycles. The molecule has 0 amide bonds. The highest BCUT2D eigenvalue weighted by molar-refractivity contribution is 8.04. The van der Waals surface area contributed by atoms with Gasteiger partial charge in [-0.15, -0.1) is 11.8 Å². The molecule has 1 unspecified atom stereocenters. The van der Waals surface area contributed by atoms with Crippen molar-refractivity contribution in [1.29, 1.82) is 0 Å². The maximum absolute atomic E-state index is 10.2. The minimum Gasteiger partial charge on any atom is -0.426 e. The lowest BCUT2D eigenvalue weighted by Crippen LogP contribution is -2.27. The number of hydrogen-bond donors (Lipinski definition) is 2. The average molecular weight is 170 g/mol.